The Morgan fingerprint density at radius 1 is 1.15 bits per heavy atom. The summed E-state index contributed by atoms with van der Waals surface area (Å²) in [6, 6.07) is 7.27. The number of nitro benzene ring substituents is 1. The lowest BCUT2D eigenvalue weighted by atomic mass is 10.3. The van der Waals surface area contributed by atoms with E-state index in [1.54, 1.807) is 12.1 Å². The van der Waals surface area contributed by atoms with Gasteiger partial charge in [0.1, 0.15) is 6.61 Å². The van der Waals surface area contributed by atoms with E-state index in [1.165, 1.54) is 29.1 Å². The van der Waals surface area contributed by atoms with Gasteiger partial charge in [-0.2, -0.15) is 4.68 Å². The van der Waals surface area contributed by atoms with Crippen molar-refractivity contribution in [2.24, 2.45) is 0 Å². The molecule has 0 aliphatic carbocycles. The highest BCUT2D eigenvalue weighted by Gasteiger charge is 2.14. The van der Waals surface area contributed by atoms with Gasteiger partial charge in [-0.3, -0.25) is 10.1 Å². The number of hydrogen-bond acceptors (Lipinski definition) is 6. The van der Waals surface area contributed by atoms with E-state index in [0.29, 0.717) is 0 Å². The number of ether oxygens (including phenoxy) is 1. The highest BCUT2D eigenvalue weighted by molar-refractivity contribution is 5.45. The van der Waals surface area contributed by atoms with Gasteiger partial charge in [-0.25, -0.2) is 0 Å². The molecule has 0 fully saturated rings. The Kier molecular flexibility index (Phi) is 3.89. The number of para-hydroxylation sites is 2. The first-order valence-corrected chi connectivity index (χ1v) is 5.62. The van der Waals surface area contributed by atoms with Crippen LogP contribution in [0.4, 0.5) is 11.5 Å². The Labute approximate surface area is 112 Å². The molecule has 0 aliphatic rings. The van der Waals surface area contributed by atoms with Crippen molar-refractivity contribution in [3.63, 3.8) is 0 Å². The monoisotopic (exact) mass is 278 g/mol. The van der Waals surface area contributed by atoms with Gasteiger partial charge in [-0.05, 0) is 11.0 Å². The Balaban J connectivity index is 1.96. The molecule has 1 aromatic carbocycles. The maximum Gasteiger partial charge on any atom is 0.389 e. The Hall–Kier alpha value is -2.97. The summed E-state index contributed by atoms with van der Waals surface area (Å²) in [4.78, 5) is 20.1. The summed E-state index contributed by atoms with van der Waals surface area (Å²) in [5, 5.41) is 24.9. The van der Waals surface area contributed by atoms with E-state index in [1.807, 2.05) is 0 Å². The predicted octanol–water partition coefficient (Wildman–Crippen LogP) is 1.78. The van der Waals surface area contributed by atoms with Crippen molar-refractivity contribution < 1.29 is 14.6 Å². The summed E-state index contributed by atoms with van der Waals surface area (Å²) < 4.78 is 6.64. The van der Waals surface area contributed by atoms with Gasteiger partial charge in [0.15, 0.2) is 5.75 Å². The molecule has 2 rings (SSSR count). The van der Waals surface area contributed by atoms with Crippen LogP contribution in [-0.4, -0.2) is 26.2 Å². The third-order valence-electron chi connectivity index (χ3n) is 2.45. The molecule has 1 aromatic heterocycles. The van der Waals surface area contributed by atoms with Crippen LogP contribution in [0.1, 0.15) is 0 Å². The fourth-order valence-electron chi connectivity index (χ4n) is 1.55. The zero-order chi connectivity index (χ0) is 14.5. The fourth-order valence-corrected chi connectivity index (χ4v) is 1.55. The van der Waals surface area contributed by atoms with Crippen LogP contribution < -0.4 is 4.74 Å². The lowest BCUT2D eigenvalue weighted by molar-refractivity contribution is -0.389. The van der Waals surface area contributed by atoms with Gasteiger partial charge in [-0.15, -0.1) is 0 Å². The van der Waals surface area contributed by atoms with E-state index in [4.69, 9.17) is 4.74 Å². The van der Waals surface area contributed by atoms with Gasteiger partial charge >= 0.3 is 11.5 Å². The summed E-state index contributed by atoms with van der Waals surface area (Å²) in [6.07, 6.45) is 1.45. The summed E-state index contributed by atoms with van der Waals surface area (Å²) in [5.41, 5.74) is -0.126. The molecule has 0 spiro atoms. The van der Waals surface area contributed by atoms with E-state index in [9.17, 15) is 20.2 Å². The second-order valence-corrected chi connectivity index (χ2v) is 3.77. The first kappa shape index (κ1) is 13.5. The Morgan fingerprint density at radius 2 is 1.90 bits per heavy atom. The minimum atomic E-state index is -0.598. The molecule has 0 saturated carbocycles. The topological polar surface area (TPSA) is 113 Å². The maximum absolute atomic E-state index is 10.8. The fraction of sp³-hybridized carbons (Fsp3) is 0.182. The van der Waals surface area contributed by atoms with Crippen LogP contribution in [0.3, 0.4) is 0 Å². The summed E-state index contributed by atoms with van der Waals surface area (Å²) in [6.45, 7) is 0.365. The number of aromatic nitrogens is 2. The number of rotatable bonds is 6. The van der Waals surface area contributed by atoms with Gasteiger partial charge in [-0.1, -0.05) is 12.1 Å². The molecular formula is C11H10N4O5. The largest absolute Gasteiger partial charge is 0.485 e. The molecule has 9 nitrogen and oxygen atoms in total. The van der Waals surface area contributed by atoms with Gasteiger partial charge < -0.3 is 14.9 Å². The molecule has 2 aromatic rings. The molecule has 0 radical (unpaired) electrons. The molecule has 0 bridgehead atoms. The highest BCUT2D eigenvalue weighted by Crippen LogP contribution is 2.25. The zero-order valence-electron chi connectivity index (χ0n) is 10.2. The summed E-state index contributed by atoms with van der Waals surface area (Å²) in [5.74, 6) is -0.102. The van der Waals surface area contributed by atoms with Crippen LogP contribution in [0.5, 0.6) is 5.75 Å². The first-order chi connectivity index (χ1) is 9.58. The van der Waals surface area contributed by atoms with Crippen molar-refractivity contribution in [3.8, 4) is 5.75 Å². The predicted molar refractivity (Wildman–Crippen MR) is 67.5 cm³/mol. The molecular weight excluding hydrogens is 268 g/mol. The lowest BCUT2D eigenvalue weighted by Crippen LogP contribution is -2.09. The molecule has 20 heavy (non-hydrogen) atoms. The second kappa shape index (κ2) is 5.78. The molecule has 0 aliphatic heterocycles. The SMILES string of the molecule is O=[N+]([O-])c1ccn(CCOc2ccccc2[N+](=O)[O-])n1. The molecule has 1 heterocycles. The average molecular weight is 278 g/mol. The van der Waals surface area contributed by atoms with Gasteiger partial charge in [0.2, 0.25) is 0 Å². The quantitative estimate of drug-likeness (QED) is 0.587. The van der Waals surface area contributed by atoms with E-state index in [-0.39, 0.29) is 30.4 Å². The standard InChI is InChI=1S/C11H10N4O5/c16-14(17)9-3-1-2-4-10(9)20-8-7-13-6-5-11(12-13)15(18)19/h1-6H,7-8H2. The van der Waals surface area contributed by atoms with Crippen molar-refractivity contribution in [1.29, 1.82) is 0 Å². The third-order valence-corrected chi connectivity index (χ3v) is 2.45. The lowest BCUT2D eigenvalue weighted by Gasteiger charge is -2.05. The Bertz CT molecular complexity index is 639. The number of benzene rings is 1. The van der Waals surface area contributed by atoms with Crippen LogP contribution in [0.25, 0.3) is 0 Å². The molecule has 0 amide bonds. The van der Waals surface area contributed by atoms with Crippen molar-refractivity contribution in [2.45, 2.75) is 6.54 Å². The summed E-state index contributed by atoms with van der Waals surface area (Å²) >= 11 is 0. The van der Waals surface area contributed by atoms with E-state index < -0.39 is 9.85 Å². The van der Waals surface area contributed by atoms with Crippen LogP contribution >= 0.6 is 0 Å². The molecule has 0 unspecified atom stereocenters. The van der Waals surface area contributed by atoms with E-state index in [0.717, 1.165) is 0 Å². The molecule has 0 N–H and O–H groups in total. The van der Waals surface area contributed by atoms with Gasteiger partial charge in [0.25, 0.3) is 0 Å². The minimum Gasteiger partial charge on any atom is -0.485 e. The normalized spacial score (nSPS) is 10.2. The van der Waals surface area contributed by atoms with Crippen LogP contribution in [0, 0.1) is 20.2 Å². The highest BCUT2D eigenvalue weighted by atomic mass is 16.6. The van der Waals surface area contributed by atoms with Gasteiger partial charge in [0.05, 0.1) is 28.8 Å². The average Bonchev–Trinajstić information content (AvgIpc) is 2.88. The van der Waals surface area contributed by atoms with Crippen molar-refractivity contribution >= 4 is 11.5 Å². The molecule has 9 heteroatoms. The van der Waals surface area contributed by atoms with Gasteiger partial charge in [0, 0.05) is 6.07 Å². The second-order valence-electron chi connectivity index (χ2n) is 3.77. The third kappa shape index (κ3) is 3.07. The van der Waals surface area contributed by atoms with Crippen molar-refractivity contribution in [3.05, 3.63) is 56.8 Å². The number of nitrogens with zero attached hydrogens (tertiary/aromatic N) is 4. The molecule has 0 atom stereocenters. The Morgan fingerprint density at radius 3 is 2.55 bits per heavy atom. The first-order valence-electron chi connectivity index (χ1n) is 5.62. The van der Waals surface area contributed by atoms with E-state index in [2.05, 4.69) is 5.10 Å². The van der Waals surface area contributed by atoms with Crippen LogP contribution in [-0.2, 0) is 6.54 Å². The van der Waals surface area contributed by atoms with Crippen molar-refractivity contribution in [2.75, 3.05) is 6.61 Å². The molecule has 0 saturated heterocycles. The zero-order valence-corrected chi connectivity index (χ0v) is 10.2. The molecule has 104 valence electrons. The minimum absolute atomic E-state index is 0.115. The van der Waals surface area contributed by atoms with Crippen LogP contribution in [0.2, 0.25) is 0 Å². The smallest absolute Gasteiger partial charge is 0.389 e. The van der Waals surface area contributed by atoms with Crippen LogP contribution in [0.15, 0.2) is 36.5 Å². The van der Waals surface area contributed by atoms with Crippen molar-refractivity contribution in [1.82, 2.24) is 9.78 Å². The maximum atomic E-state index is 10.8. The number of nitro groups is 2. The number of hydrogen-bond donors (Lipinski definition) is 0. The van der Waals surface area contributed by atoms with E-state index >= 15 is 0 Å². The summed E-state index contributed by atoms with van der Waals surface area (Å²) in [7, 11) is 0.